The van der Waals surface area contributed by atoms with Gasteiger partial charge in [0.25, 0.3) is 0 Å². The smallest absolute Gasteiger partial charge is 0.174 e. The van der Waals surface area contributed by atoms with Crippen LogP contribution in [0.1, 0.15) is 11.1 Å². The molecule has 0 radical (unpaired) electrons. The molecule has 2 aromatic rings. The molecule has 1 heterocycles. The highest BCUT2D eigenvalue weighted by Crippen LogP contribution is 2.08. The summed E-state index contributed by atoms with van der Waals surface area (Å²) in [6.07, 6.45) is 4.42. The van der Waals surface area contributed by atoms with Crippen LogP contribution in [0.4, 0.5) is 0 Å². The highest BCUT2D eigenvalue weighted by atomic mass is 35.5. The summed E-state index contributed by atoms with van der Waals surface area (Å²) in [7, 11) is 0. The van der Waals surface area contributed by atoms with E-state index in [9.17, 15) is 0 Å². The molecular weight excluding hydrogens is 385 g/mol. The fourth-order valence-corrected chi connectivity index (χ4v) is 2.38. The maximum atomic E-state index is 5.86. The SMILES string of the molecule is NC1N=C(N/N=C/c2ccc(Cl)cc2)C=C(N/N=C/c2ccc(Cl)cc2)N1. The van der Waals surface area contributed by atoms with E-state index >= 15 is 0 Å². The summed E-state index contributed by atoms with van der Waals surface area (Å²) in [5.41, 5.74) is 13.4. The van der Waals surface area contributed by atoms with Crippen LogP contribution in [0.2, 0.25) is 10.0 Å². The lowest BCUT2D eigenvalue weighted by atomic mass is 10.2. The Morgan fingerprint density at radius 2 is 1.41 bits per heavy atom. The quantitative estimate of drug-likeness (QED) is 0.457. The number of hydrazone groups is 2. The number of nitrogens with two attached hydrogens (primary N) is 1. The second kappa shape index (κ2) is 9.18. The Balaban J connectivity index is 1.58. The van der Waals surface area contributed by atoms with Crippen molar-refractivity contribution >= 4 is 41.5 Å². The maximum absolute atomic E-state index is 5.86. The van der Waals surface area contributed by atoms with Crippen LogP contribution in [0, 0.1) is 0 Å². The summed E-state index contributed by atoms with van der Waals surface area (Å²) in [6, 6.07) is 14.6. The molecule has 3 rings (SSSR count). The van der Waals surface area contributed by atoms with Crippen molar-refractivity contribution in [1.29, 1.82) is 0 Å². The number of amidine groups is 1. The molecule has 0 aromatic heterocycles. The van der Waals surface area contributed by atoms with Crippen LogP contribution < -0.4 is 21.9 Å². The van der Waals surface area contributed by atoms with Gasteiger partial charge >= 0.3 is 0 Å². The Kier molecular flexibility index (Phi) is 6.43. The molecular formula is C18H17Cl2N7. The van der Waals surface area contributed by atoms with Gasteiger partial charge in [0, 0.05) is 16.1 Å². The van der Waals surface area contributed by atoms with E-state index in [0.717, 1.165) is 11.1 Å². The van der Waals surface area contributed by atoms with Gasteiger partial charge in [-0.25, -0.2) is 4.99 Å². The average Bonchev–Trinajstić information content (AvgIpc) is 2.65. The summed E-state index contributed by atoms with van der Waals surface area (Å²) >= 11 is 11.7. The molecule has 1 atom stereocenters. The van der Waals surface area contributed by atoms with Crippen molar-refractivity contribution in [3.63, 3.8) is 0 Å². The number of benzene rings is 2. The first-order valence-corrected chi connectivity index (χ1v) is 8.75. The predicted molar refractivity (Wildman–Crippen MR) is 111 cm³/mol. The molecule has 1 aliphatic rings. The van der Waals surface area contributed by atoms with Crippen molar-refractivity contribution in [2.45, 2.75) is 6.29 Å². The minimum absolute atomic E-state index is 0.496. The Labute approximate surface area is 166 Å². The molecule has 9 heteroatoms. The number of halogens is 2. The number of hydrogen-bond donors (Lipinski definition) is 4. The molecule has 5 N–H and O–H groups in total. The Hall–Kier alpha value is -2.87. The third-order valence-corrected chi connectivity index (χ3v) is 3.90. The van der Waals surface area contributed by atoms with Gasteiger partial charge < -0.3 is 5.32 Å². The molecule has 1 aliphatic heterocycles. The summed E-state index contributed by atoms with van der Waals surface area (Å²) in [5, 5.41) is 12.6. The molecule has 27 heavy (non-hydrogen) atoms. The second-order valence-electron chi connectivity index (χ2n) is 5.50. The fourth-order valence-electron chi connectivity index (χ4n) is 2.13. The number of aliphatic imine (C=N–C) groups is 1. The molecule has 0 spiro atoms. The van der Waals surface area contributed by atoms with Crippen LogP contribution in [-0.2, 0) is 0 Å². The first kappa shape index (κ1) is 18.9. The van der Waals surface area contributed by atoms with Gasteiger partial charge in [-0.2, -0.15) is 10.2 Å². The zero-order chi connectivity index (χ0) is 19.1. The average molecular weight is 402 g/mol. The number of hydrogen-bond acceptors (Lipinski definition) is 7. The van der Waals surface area contributed by atoms with E-state index in [1.54, 1.807) is 42.8 Å². The Morgan fingerprint density at radius 1 is 0.889 bits per heavy atom. The van der Waals surface area contributed by atoms with Gasteiger partial charge in [0.15, 0.2) is 6.29 Å². The minimum atomic E-state index is -0.614. The molecule has 0 bridgehead atoms. The van der Waals surface area contributed by atoms with Crippen molar-refractivity contribution in [3.8, 4) is 0 Å². The van der Waals surface area contributed by atoms with Crippen LogP contribution in [0.25, 0.3) is 0 Å². The first-order valence-electron chi connectivity index (χ1n) is 7.99. The van der Waals surface area contributed by atoms with E-state index in [1.807, 2.05) is 24.3 Å². The standard InChI is InChI=1S/C18H17Cl2N7/c19-14-5-1-12(2-6-14)10-22-26-16-9-17(25-18(21)24-16)27-23-11-13-3-7-15(20)8-4-13/h1-11,18,24,26H,21H2,(H,25,27)/b22-10+,23-11+. The van der Waals surface area contributed by atoms with Crippen molar-refractivity contribution in [2.75, 3.05) is 0 Å². The second-order valence-corrected chi connectivity index (χ2v) is 6.38. The Bertz CT molecular complexity index is 887. The fraction of sp³-hybridized carbons (Fsp3) is 0.0556. The molecule has 138 valence electrons. The molecule has 0 saturated carbocycles. The van der Waals surface area contributed by atoms with Crippen LogP contribution in [-0.4, -0.2) is 24.6 Å². The maximum Gasteiger partial charge on any atom is 0.174 e. The van der Waals surface area contributed by atoms with E-state index < -0.39 is 6.29 Å². The molecule has 1 unspecified atom stereocenters. The van der Waals surface area contributed by atoms with Crippen molar-refractivity contribution in [2.24, 2.45) is 20.9 Å². The monoisotopic (exact) mass is 401 g/mol. The molecule has 0 aliphatic carbocycles. The number of nitrogens with one attached hydrogen (secondary N) is 3. The Morgan fingerprint density at radius 3 is 1.96 bits per heavy atom. The van der Waals surface area contributed by atoms with E-state index in [-0.39, 0.29) is 0 Å². The molecule has 2 aromatic carbocycles. The summed E-state index contributed by atoms with van der Waals surface area (Å²) in [5.74, 6) is 1.09. The van der Waals surface area contributed by atoms with Gasteiger partial charge in [-0.1, -0.05) is 47.5 Å². The summed E-state index contributed by atoms with van der Waals surface area (Å²) < 4.78 is 0. The highest BCUT2D eigenvalue weighted by molar-refractivity contribution is 6.30. The summed E-state index contributed by atoms with van der Waals surface area (Å²) in [6.45, 7) is 0. The molecule has 0 saturated heterocycles. The van der Waals surface area contributed by atoms with Crippen molar-refractivity contribution in [1.82, 2.24) is 16.2 Å². The van der Waals surface area contributed by atoms with Gasteiger partial charge in [-0.15, -0.1) is 0 Å². The lowest BCUT2D eigenvalue weighted by molar-refractivity contribution is 0.567. The summed E-state index contributed by atoms with van der Waals surface area (Å²) in [4.78, 5) is 4.21. The first-order chi connectivity index (χ1) is 13.1. The lowest BCUT2D eigenvalue weighted by Gasteiger charge is -2.19. The van der Waals surface area contributed by atoms with E-state index in [1.165, 1.54) is 0 Å². The highest BCUT2D eigenvalue weighted by Gasteiger charge is 2.10. The van der Waals surface area contributed by atoms with Gasteiger partial charge in [-0.05, 0) is 35.4 Å². The number of nitrogens with zero attached hydrogens (tertiary/aromatic N) is 3. The van der Waals surface area contributed by atoms with E-state index in [2.05, 4.69) is 31.4 Å². The zero-order valence-electron chi connectivity index (χ0n) is 14.1. The molecule has 0 fully saturated rings. The van der Waals surface area contributed by atoms with Gasteiger partial charge in [0.05, 0.1) is 12.4 Å². The molecule has 7 nitrogen and oxygen atoms in total. The van der Waals surface area contributed by atoms with Gasteiger partial charge in [0.1, 0.15) is 11.7 Å². The van der Waals surface area contributed by atoms with Crippen LogP contribution in [0.15, 0.2) is 75.6 Å². The largest absolute Gasteiger partial charge is 0.337 e. The van der Waals surface area contributed by atoms with Gasteiger partial charge in [0.2, 0.25) is 0 Å². The normalized spacial score (nSPS) is 16.8. The van der Waals surface area contributed by atoms with E-state index in [0.29, 0.717) is 21.7 Å². The zero-order valence-corrected chi connectivity index (χ0v) is 15.6. The minimum Gasteiger partial charge on any atom is -0.337 e. The van der Waals surface area contributed by atoms with E-state index in [4.69, 9.17) is 28.9 Å². The van der Waals surface area contributed by atoms with Gasteiger partial charge in [-0.3, -0.25) is 16.6 Å². The van der Waals surface area contributed by atoms with Crippen LogP contribution in [0.3, 0.4) is 0 Å². The topological polar surface area (TPSA) is 99.2 Å². The lowest BCUT2D eigenvalue weighted by Crippen LogP contribution is -2.43. The third-order valence-electron chi connectivity index (χ3n) is 3.39. The van der Waals surface area contributed by atoms with Crippen molar-refractivity contribution < 1.29 is 0 Å². The van der Waals surface area contributed by atoms with Crippen LogP contribution in [0.5, 0.6) is 0 Å². The third kappa shape index (κ3) is 6.10. The van der Waals surface area contributed by atoms with Crippen molar-refractivity contribution in [3.05, 3.63) is 81.6 Å². The number of rotatable bonds is 5. The van der Waals surface area contributed by atoms with Crippen LogP contribution >= 0.6 is 23.2 Å². The molecule has 0 amide bonds. The predicted octanol–water partition coefficient (Wildman–Crippen LogP) is 2.63.